The molecule has 0 spiro atoms. The molecule has 1 unspecified atom stereocenters. The fraction of sp³-hybridized carbons (Fsp3) is 0.909. The van der Waals surface area contributed by atoms with Crippen LogP contribution >= 0.6 is 0 Å². The number of likely N-dealkylation sites (tertiary alicyclic amines) is 1. The molecule has 7 heteroatoms. The van der Waals surface area contributed by atoms with E-state index in [1.807, 2.05) is 0 Å². The maximum absolute atomic E-state index is 11.8. The van der Waals surface area contributed by atoms with Crippen LogP contribution in [0, 0.1) is 0 Å². The average Bonchev–Trinajstić information content (AvgIpc) is 2.40. The van der Waals surface area contributed by atoms with E-state index in [0.29, 0.717) is 13.0 Å². The molecule has 18 heavy (non-hydrogen) atoms. The number of carbonyl (C=O) groups excluding carboxylic acids is 1. The Balaban J connectivity index is 2.63. The lowest BCUT2D eigenvalue weighted by molar-refractivity contribution is 0.0234. The van der Waals surface area contributed by atoms with Gasteiger partial charge >= 0.3 is 6.09 Å². The average molecular weight is 279 g/mol. The molecular weight excluding hydrogens is 258 g/mol. The van der Waals surface area contributed by atoms with Gasteiger partial charge in [0.1, 0.15) is 11.2 Å². The highest BCUT2D eigenvalue weighted by Gasteiger charge is 2.41. The lowest BCUT2D eigenvalue weighted by Gasteiger charge is -2.26. The van der Waals surface area contributed by atoms with Crippen molar-refractivity contribution < 1.29 is 22.1 Å². The topological polar surface area (TPSA) is 72.9 Å². The van der Waals surface area contributed by atoms with E-state index in [4.69, 9.17) is 8.92 Å². The summed E-state index contributed by atoms with van der Waals surface area (Å²) >= 11 is 0. The van der Waals surface area contributed by atoms with Gasteiger partial charge in [-0.05, 0) is 34.1 Å². The monoisotopic (exact) mass is 279 g/mol. The zero-order chi connectivity index (χ0) is 14.2. The van der Waals surface area contributed by atoms with E-state index in [2.05, 4.69) is 0 Å². The Hall–Kier alpha value is -0.820. The maximum Gasteiger partial charge on any atom is 0.410 e. The van der Waals surface area contributed by atoms with Gasteiger partial charge in [-0.3, -0.25) is 4.18 Å². The number of carbonyl (C=O) groups is 1. The Kier molecular flexibility index (Phi) is 3.97. The highest BCUT2D eigenvalue weighted by molar-refractivity contribution is 7.86. The minimum Gasteiger partial charge on any atom is -0.444 e. The van der Waals surface area contributed by atoms with Crippen LogP contribution in [-0.4, -0.2) is 50.0 Å². The molecule has 1 heterocycles. The van der Waals surface area contributed by atoms with Crippen LogP contribution in [0.5, 0.6) is 0 Å². The van der Waals surface area contributed by atoms with Gasteiger partial charge in [-0.25, -0.2) is 4.79 Å². The summed E-state index contributed by atoms with van der Waals surface area (Å²) in [5.41, 5.74) is -1.42. The third-order valence-corrected chi connectivity index (χ3v) is 3.15. The van der Waals surface area contributed by atoms with Gasteiger partial charge in [0.05, 0.1) is 12.8 Å². The maximum atomic E-state index is 11.8. The number of hydrogen-bond acceptors (Lipinski definition) is 5. The minimum atomic E-state index is -3.53. The van der Waals surface area contributed by atoms with Crippen molar-refractivity contribution in [3.05, 3.63) is 0 Å². The Morgan fingerprint density at radius 3 is 2.33 bits per heavy atom. The van der Waals surface area contributed by atoms with Crippen LogP contribution in [0.2, 0.25) is 0 Å². The lowest BCUT2D eigenvalue weighted by atomic mass is 10.1. The number of amides is 1. The summed E-state index contributed by atoms with van der Waals surface area (Å²) in [5, 5.41) is 0. The SMILES string of the molecule is CC(C)(C)OC(=O)N1CCC(C)(OS(C)(=O)=O)C1. The first kappa shape index (κ1) is 15.2. The molecule has 1 fully saturated rings. The second-order valence-corrected chi connectivity index (χ2v) is 7.46. The van der Waals surface area contributed by atoms with Gasteiger partial charge in [-0.2, -0.15) is 8.42 Å². The van der Waals surface area contributed by atoms with Crippen LogP contribution in [0.3, 0.4) is 0 Å². The van der Waals surface area contributed by atoms with Gasteiger partial charge in [0.25, 0.3) is 10.1 Å². The predicted molar refractivity (Wildman–Crippen MR) is 66.8 cm³/mol. The molecule has 106 valence electrons. The van der Waals surface area contributed by atoms with Crippen molar-refractivity contribution >= 4 is 16.2 Å². The molecule has 1 saturated heterocycles. The van der Waals surface area contributed by atoms with Crippen molar-refractivity contribution in [2.24, 2.45) is 0 Å². The molecule has 0 radical (unpaired) electrons. The Morgan fingerprint density at radius 1 is 1.33 bits per heavy atom. The zero-order valence-electron chi connectivity index (χ0n) is 11.5. The predicted octanol–water partition coefficient (Wildman–Crippen LogP) is 1.36. The minimum absolute atomic E-state index is 0.217. The van der Waals surface area contributed by atoms with Crippen LogP contribution in [-0.2, 0) is 19.0 Å². The smallest absolute Gasteiger partial charge is 0.410 e. The quantitative estimate of drug-likeness (QED) is 0.714. The first-order valence-electron chi connectivity index (χ1n) is 5.79. The second-order valence-electron chi connectivity index (χ2n) is 5.89. The second kappa shape index (κ2) is 4.70. The highest BCUT2D eigenvalue weighted by atomic mass is 32.2. The zero-order valence-corrected chi connectivity index (χ0v) is 12.3. The van der Waals surface area contributed by atoms with E-state index < -0.39 is 27.4 Å². The van der Waals surface area contributed by atoms with Crippen molar-refractivity contribution in [3.63, 3.8) is 0 Å². The summed E-state index contributed by atoms with van der Waals surface area (Å²) in [6, 6.07) is 0. The molecule has 0 aromatic heterocycles. The van der Waals surface area contributed by atoms with Crippen molar-refractivity contribution in [2.45, 2.75) is 45.3 Å². The number of rotatable bonds is 2. The molecule has 1 aliphatic rings. The largest absolute Gasteiger partial charge is 0.444 e. The molecule has 0 saturated carbocycles. The fourth-order valence-electron chi connectivity index (χ4n) is 1.85. The standard InChI is InChI=1S/C11H21NO5S/c1-10(2,3)16-9(13)12-7-6-11(4,8-12)17-18(5,14)15/h6-8H2,1-5H3. The van der Waals surface area contributed by atoms with E-state index in [9.17, 15) is 13.2 Å². The molecule has 0 aromatic rings. The van der Waals surface area contributed by atoms with Gasteiger partial charge in [-0.1, -0.05) is 0 Å². The summed E-state index contributed by atoms with van der Waals surface area (Å²) in [6.07, 6.45) is 1.04. The number of nitrogens with zero attached hydrogens (tertiary/aromatic N) is 1. The van der Waals surface area contributed by atoms with Crippen LogP contribution in [0.4, 0.5) is 4.79 Å². The van der Waals surface area contributed by atoms with Gasteiger partial charge < -0.3 is 9.64 Å². The molecule has 1 amide bonds. The van der Waals surface area contributed by atoms with Crippen molar-refractivity contribution in [1.29, 1.82) is 0 Å². The van der Waals surface area contributed by atoms with Crippen LogP contribution in [0.15, 0.2) is 0 Å². The van der Waals surface area contributed by atoms with E-state index in [1.165, 1.54) is 4.90 Å². The van der Waals surface area contributed by atoms with Crippen LogP contribution in [0.1, 0.15) is 34.1 Å². The van der Waals surface area contributed by atoms with E-state index >= 15 is 0 Å². The Morgan fingerprint density at radius 2 is 1.89 bits per heavy atom. The number of hydrogen-bond donors (Lipinski definition) is 0. The molecule has 0 aromatic carbocycles. The van der Waals surface area contributed by atoms with Gasteiger partial charge in [0.2, 0.25) is 0 Å². The summed E-state index contributed by atoms with van der Waals surface area (Å²) < 4.78 is 32.5. The highest BCUT2D eigenvalue weighted by Crippen LogP contribution is 2.27. The Labute approximate surface area is 108 Å². The first-order valence-corrected chi connectivity index (χ1v) is 7.60. The summed E-state index contributed by atoms with van der Waals surface area (Å²) in [4.78, 5) is 13.3. The summed E-state index contributed by atoms with van der Waals surface area (Å²) in [6.45, 7) is 7.68. The third-order valence-electron chi connectivity index (χ3n) is 2.44. The Bertz CT molecular complexity index is 425. The first-order chi connectivity index (χ1) is 7.90. The molecular formula is C11H21NO5S. The summed E-state index contributed by atoms with van der Waals surface area (Å²) in [7, 11) is -3.53. The van der Waals surface area contributed by atoms with Crippen molar-refractivity contribution in [1.82, 2.24) is 4.90 Å². The molecule has 0 bridgehead atoms. The third kappa shape index (κ3) is 4.81. The van der Waals surface area contributed by atoms with E-state index in [0.717, 1.165) is 6.26 Å². The lowest BCUT2D eigenvalue weighted by Crippen LogP contribution is -2.39. The van der Waals surface area contributed by atoms with Gasteiger partial charge in [-0.15, -0.1) is 0 Å². The molecule has 0 aliphatic carbocycles. The number of ether oxygens (including phenoxy) is 1. The van der Waals surface area contributed by atoms with E-state index in [-0.39, 0.29) is 6.54 Å². The normalized spacial score (nSPS) is 25.3. The van der Waals surface area contributed by atoms with Gasteiger partial charge in [0, 0.05) is 6.54 Å². The molecule has 1 atom stereocenters. The molecule has 1 rings (SSSR count). The van der Waals surface area contributed by atoms with Crippen LogP contribution < -0.4 is 0 Å². The van der Waals surface area contributed by atoms with Crippen molar-refractivity contribution in [2.75, 3.05) is 19.3 Å². The molecule has 1 aliphatic heterocycles. The van der Waals surface area contributed by atoms with Gasteiger partial charge in [0.15, 0.2) is 0 Å². The van der Waals surface area contributed by atoms with E-state index in [1.54, 1.807) is 27.7 Å². The molecule has 0 N–H and O–H groups in total. The summed E-state index contributed by atoms with van der Waals surface area (Å²) in [5.74, 6) is 0. The van der Waals surface area contributed by atoms with Crippen LogP contribution in [0.25, 0.3) is 0 Å². The molecule has 6 nitrogen and oxygen atoms in total. The fourth-order valence-corrected chi connectivity index (χ4v) is 2.72. The van der Waals surface area contributed by atoms with Crippen molar-refractivity contribution in [3.8, 4) is 0 Å².